The van der Waals surface area contributed by atoms with Gasteiger partial charge in [0.2, 0.25) is 5.41 Å². The van der Waals surface area contributed by atoms with Gasteiger partial charge in [-0.1, -0.05) is 123 Å². The molecule has 2 aliphatic heterocycles. The highest BCUT2D eigenvalue weighted by Gasteiger charge is 2.72. The maximum absolute atomic E-state index is 15.0. The molecule has 63 heavy (non-hydrogen) atoms. The predicted molar refractivity (Wildman–Crippen MR) is 249 cm³/mol. The molecule has 0 saturated carbocycles. The molecule has 0 atom stereocenters. The van der Waals surface area contributed by atoms with Gasteiger partial charge in [-0.3, -0.25) is 0 Å². The molecule has 8 heteroatoms. The molecule has 0 bridgehead atoms. The van der Waals surface area contributed by atoms with Gasteiger partial charge in [-0.25, -0.2) is 0 Å². The third-order valence-electron chi connectivity index (χ3n) is 15.4. The molecule has 0 spiro atoms. The van der Waals surface area contributed by atoms with E-state index in [-0.39, 0.29) is 12.8 Å². The van der Waals surface area contributed by atoms with Crippen molar-refractivity contribution in [2.45, 2.75) is 147 Å². The number of unbranched alkanes of at least 4 members (excludes halogenated alkanes) is 6. The van der Waals surface area contributed by atoms with Crippen LogP contribution in [0.4, 0.5) is 26.3 Å². The molecular formula is C55H74F6N2+2. The molecule has 2 fully saturated rings. The van der Waals surface area contributed by atoms with Crippen LogP contribution >= 0.6 is 0 Å². The molecule has 4 aromatic carbocycles. The second kappa shape index (κ2) is 19.9. The Hall–Kier alpha value is -3.62. The van der Waals surface area contributed by atoms with Gasteiger partial charge in [0.05, 0.1) is 53.4 Å². The van der Waals surface area contributed by atoms with E-state index in [1.165, 1.54) is 165 Å². The van der Waals surface area contributed by atoms with Crippen molar-refractivity contribution in [3.05, 3.63) is 118 Å². The molecular weight excluding hydrogens is 803 g/mol. The summed E-state index contributed by atoms with van der Waals surface area (Å²) in [6.45, 7) is 11.4. The summed E-state index contributed by atoms with van der Waals surface area (Å²) in [5.41, 5.74) is 2.20. The Morgan fingerprint density at radius 3 is 1.33 bits per heavy atom. The standard InChI is InChI=1S/C54H70F6N2.CH4/c1-41-19-25-45(26-20-41)52(53(55,56)57,54(58,59)60)46-27-22-43(23-28-46)44-24-30-48-47-29-21-42(2)39-49(47)51(50(48)40-44,31-11-5-7-13-33-61(3)35-15-9-16-36-61)32-12-6-8-14-34-62(4)37-17-10-18-38-62;/h19-30,39-40H,5-18,31-38H2,1-4H3;1H4/q+2;. The molecule has 0 aromatic heterocycles. The fraction of sp³-hybridized carbons (Fsp3) is 0.564. The van der Waals surface area contributed by atoms with Crippen LogP contribution in [-0.2, 0) is 10.8 Å². The topological polar surface area (TPSA) is 0 Å². The normalized spacial score (nSPS) is 18.1. The first kappa shape index (κ1) is 48.8. The summed E-state index contributed by atoms with van der Waals surface area (Å²) in [5.74, 6) is 0. The Morgan fingerprint density at radius 2 is 0.857 bits per heavy atom. The number of piperidine rings is 2. The van der Waals surface area contributed by atoms with Gasteiger partial charge in [0.15, 0.2) is 0 Å². The van der Waals surface area contributed by atoms with Crippen molar-refractivity contribution in [1.82, 2.24) is 0 Å². The highest BCUT2D eigenvalue weighted by atomic mass is 19.4. The number of likely N-dealkylation sites (tertiary alicyclic amines) is 2. The first-order valence-corrected chi connectivity index (χ1v) is 23.8. The number of nitrogens with zero attached hydrogens (tertiary/aromatic N) is 2. The van der Waals surface area contributed by atoms with Crippen LogP contribution in [0.2, 0.25) is 0 Å². The number of rotatable bonds is 17. The van der Waals surface area contributed by atoms with Crippen molar-refractivity contribution < 1.29 is 35.3 Å². The largest absolute Gasteiger partial charge is 0.411 e. The number of aryl methyl sites for hydroxylation is 2. The zero-order valence-corrected chi connectivity index (χ0v) is 37.8. The van der Waals surface area contributed by atoms with Crippen LogP contribution in [0.25, 0.3) is 22.3 Å². The van der Waals surface area contributed by atoms with Crippen molar-refractivity contribution in [3.8, 4) is 22.3 Å². The van der Waals surface area contributed by atoms with Crippen molar-refractivity contribution in [2.75, 3.05) is 53.4 Å². The third-order valence-corrected chi connectivity index (χ3v) is 15.4. The molecule has 7 rings (SSSR count). The van der Waals surface area contributed by atoms with Crippen molar-refractivity contribution in [3.63, 3.8) is 0 Å². The van der Waals surface area contributed by atoms with E-state index in [0.29, 0.717) is 11.1 Å². The van der Waals surface area contributed by atoms with E-state index in [1.807, 2.05) is 6.07 Å². The number of benzene rings is 4. The van der Waals surface area contributed by atoms with Crippen LogP contribution in [0.15, 0.2) is 84.9 Å². The minimum atomic E-state index is -5.63. The van der Waals surface area contributed by atoms with Gasteiger partial charge in [0, 0.05) is 5.41 Å². The number of alkyl halides is 6. The number of halogens is 6. The summed E-state index contributed by atoms with van der Waals surface area (Å²) in [6, 6.07) is 22.6. The second-order valence-electron chi connectivity index (χ2n) is 20.1. The molecule has 2 saturated heterocycles. The van der Waals surface area contributed by atoms with E-state index in [4.69, 9.17) is 0 Å². The minimum Gasteiger partial charge on any atom is -0.326 e. The highest BCUT2D eigenvalue weighted by molar-refractivity contribution is 5.84. The Labute approximate surface area is 375 Å². The van der Waals surface area contributed by atoms with E-state index in [0.717, 1.165) is 68.4 Å². The molecule has 0 radical (unpaired) electrons. The number of fused-ring (bicyclic) bond motifs is 3. The summed E-state index contributed by atoms with van der Waals surface area (Å²) in [5, 5.41) is 0. The first-order chi connectivity index (χ1) is 29.5. The van der Waals surface area contributed by atoms with Crippen molar-refractivity contribution in [2.24, 2.45) is 0 Å². The van der Waals surface area contributed by atoms with Crippen LogP contribution in [0.5, 0.6) is 0 Å². The summed E-state index contributed by atoms with van der Waals surface area (Å²) < 4.78 is 92.3. The summed E-state index contributed by atoms with van der Waals surface area (Å²) in [7, 11) is 4.85. The van der Waals surface area contributed by atoms with E-state index in [1.54, 1.807) is 6.92 Å². The Bertz CT molecular complexity index is 2040. The minimum absolute atomic E-state index is 0. The lowest BCUT2D eigenvalue weighted by Crippen LogP contribution is -2.54. The van der Waals surface area contributed by atoms with Crippen LogP contribution < -0.4 is 0 Å². The lowest BCUT2D eigenvalue weighted by molar-refractivity contribution is -0.914. The maximum Gasteiger partial charge on any atom is 0.411 e. The fourth-order valence-corrected chi connectivity index (χ4v) is 11.7. The lowest BCUT2D eigenvalue weighted by Gasteiger charge is -2.38. The molecule has 0 unspecified atom stereocenters. The fourth-order valence-electron chi connectivity index (χ4n) is 11.7. The van der Waals surface area contributed by atoms with E-state index >= 15 is 0 Å². The Morgan fingerprint density at radius 1 is 0.460 bits per heavy atom. The zero-order chi connectivity index (χ0) is 44.2. The van der Waals surface area contributed by atoms with Crippen LogP contribution in [0, 0.1) is 13.8 Å². The Kier molecular flexibility index (Phi) is 15.4. The maximum atomic E-state index is 15.0. The SMILES string of the molecule is C.Cc1ccc(C(c2ccc(-c3ccc4c(c3)C(CCCCCC[N+]3(C)CCCCC3)(CCCCCC[N+]3(C)CCCCC3)c3cc(C)ccc3-4)cc2)(C(F)(F)F)C(F)(F)F)cc1. The summed E-state index contributed by atoms with van der Waals surface area (Å²) >= 11 is 0. The molecule has 3 aliphatic rings. The monoisotopic (exact) mass is 877 g/mol. The van der Waals surface area contributed by atoms with Gasteiger partial charge in [-0.05, 0) is 141 Å². The molecule has 4 aromatic rings. The second-order valence-corrected chi connectivity index (χ2v) is 20.1. The van der Waals surface area contributed by atoms with E-state index in [9.17, 15) is 26.3 Å². The molecule has 2 nitrogen and oxygen atoms in total. The van der Waals surface area contributed by atoms with Gasteiger partial charge in [-0.2, -0.15) is 26.3 Å². The van der Waals surface area contributed by atoms with E-state index < -0.39 is 28.9 Å². The van der Waals surface area contributed by atoms with Gasteiger partial charge in [0.1, 0.15) is 0 Å². The molecule has 0 amide bonds. The number of hydrogen-bond acceptors (Lipinski definition) is 0. The zero-order valence-electron chi connectivity index (χ0n) is 37.8. The highest BCUT2D eigenvalue weighted by Crippen LogP contribution is 2.57. The average molecular weight is 877 g/mol. The predicted octanol–water partition coefficient (Wildman–Crippen LogP) is 15.4. The summed E-state index contributed by atoms with van der Waals surface area (Å²) in [6.07, 6.45) is 8.22. The Balaban J connectivity index is 0.00000661. The third kappa shape index (κ3) is 10.3. The van der Waals surface area contributed by atoms with Gasteiger partial charge in [-0.15, -0.1) is 0 Å². The molecule has 0 N–H and O–H groups in total. The molecule has 344 valence electrons. The molecule has 1 aliphatic carbocycles. The van der Waals surface area contributed by atoms with Crippen LogP contribution in [0.3, 0.4) is 0 Å². The first-order valence-electron chi connectivity index (χ1n) is 23.8. The van der Waals surface area contributed by atoms with Crippen molar-refractivity contribution in [1.29, 1.82) is 0 Å². The lowest BCUT2D eigenvalue weighted by atomic mass is 9.70. The van der Waals surface area contributed by atoms with Gasteiger partial charge >= 0.3 is 12.4 Å². The van der Waals surface area contributed by atoms with Crippen molar-refractivity contribution >= 4 is 0 Å². The quantitative estimate of drug-likeness (QED) is 0.0563. The smallest absolute Gasteiger partial charge is 0.326 e. The van der Waals surface area contributed by atoms with Crippen LogP contribution in [-0.4, -0.2) is 74.7 Å². The van der Waals surface area contributed by atoms with Crippen LogP contribution in [0.1, 0.15) is 144 Å². The number of quaternary nitrogens is 2. The summed E-state index contributed by atoms with van der Waals surface area (Å²) in [4.78, 5) is 0. The number of hydrogen-bond donors (Lipinski definition) is 0. The van der Waals surface area contributed by atoms with Gasteiger partial charge < -0.3 is 8.97 Å². The average Bonchev–Trinajstić information content (AvgIpc) is 3.49. The van der Waals surface area contributed by atoms with Gasteiger partial charge in [0.25, 0.3) is 0 Å². The molecule has 2 heterocycles. The van der Waals surface area contributed by atoms with E-state index in [2.05, 4.69) is 51.4 Å².